The molecule has 1 heteroatoms. The molecule has 0 heterocycles. The molecule has 0 spiro atoms. The van der Waals surface area contributed by atoms with Crippen LogP contribution in [0.2, 0.25) is 0 Å². The molecule has 0 aliphatic rings. The van der Waals surface area contributed by atoms with Crippen molar-refractivity contribution in [3.63, 3.8) is 0 Å². The summed E-state index contributed by atoms with van der Waals surface area (Å²) in [4.78, 5) is 0. The Hall–Kier alpha value is -0.391. The number of rotatable bonds is 0. The summed E-state index contributed by atoms with van der Waals surface area (Å²) in [6.45, 7) is 8.08. The average Bonchev–Trinajstić information content (AvgIpc) is 2.24. The molecular weight excluding hydrogens is 160 g/mol. The molecule has 0 bridgehead atoms. The Kier molecular flexibility index (Phi) is 9.65. The maximum Gasteiger partial charge on any atom is 1.00 e. The second-order valence-electron chi connectivity index (χ2n) is 1.46. The Bertz CT molecular complexity index is 119. The Morgan fingerprint density at radius 2 is 1.44 bits per heavy atom. The summed E-state index contributed by atoms with van der Waals surface area (Å²) >= 11 is 0. The Morgan fingerprint density at radius 1 is 1.11 bits per heavy atom. The van der Waals surface area contributed by atoms with Crippen LogP contribution in [0.15, 0.2) is 37.4 Å². The van der Waals surface area contributed by atoms with Crippen LogP contribution in [0.3, 0.4) is 0 Å². The van der Waals surface area contributed by atoms with E-state index in [1.54, 1.807) is 0 Å². The normalized spacial score (nSPS) is 6.33. The summed E-state index contributed by atoms with van der Waals surface area (Å²) in [6.07, 6.45) is 0. The summed E-state index contributed by atoms with van der Waals surface area (Å²) < 4.78 is 0. The zero-order valence-electron chi connectivity index (χ0n) is 5.53. The average molecular weight is 171 g/mol. The monoisotopic (exact) mass is 170 g/mol. The van der Waals surface area contributed by atoms with Gasteiger partial charge in [0.05, 0.1) is 0 Å². The van der Waals surface area contributed by atoms with Crippen LogP contribution in [0.1, 0.15) is 5.56 Å². The van der Waals surface area contributed by atoms with Crippen molar-refractivity contribution in [2.24, 2.45) is 0 Å². The minimum atomic E-state index is 0. The minimum Gasteiger partial charge on any atom is -0.213 e. The molecule has 0 aliphatic carbocycles. The van der Waals surface area contributed by atoms with Crippen LogP contribution in [-0.2, 0) is 17.1 Å². The molecular formula is C8H11Cu. The van der Waals surface area contributed by atoms with E-state index in [2.05, 4.69) is 32.2 Å². The van der Waals surface area contributed by atoms with Crippen LogP contribution < -0.4 is 0 Å². The third-order valence-corrected chi connectivity index (χ3v) is 0.829. The quantitative estimate of drug-likeness (QED) is 0.319. The van der Waals surface area contributed by atoms with E-state index < -0.39 is 0 Å². The van der Waals surface area contributed by atoms with E-state index in [4.69, 9.17) is 0 Å². The van der Waals surface area contributed by atoms with Crippen LogP contribution in [0.25, 0.3) is 0 Å². The SMILES string of the molecule is C=C.C[c-]1cccc1.[Cu+]. The van der Waals surface area contributed by atoms with E-state index in [0.717, 1.165) is 0 Å². The van der Waals surface area contributed by atoms with Gasteiger partial charge in [-0.3, -0.25) is 0 Å². The molecule has 0 nitrogen and oxygen atoms in total. The van der Waals surface area contributed by atoms with Gasteiger partial charge in [0, 0.05) is 0 Å². The first-order valence-electron chi connectivity index (χ1n) is 2.58. The maximum absolute atomic E-state index is 3.00. The predicted molar refractivity (Wildman–Crippen MR) is 38.0 cm³/mol. The van der Waals surface area contributed by atoms with Gasteiger partial charge in [0.1, 0.15) is 0 Å². The molecule has 0 N–H and O–H groups in total. The minimum absolute atomic E-state index is 0. The van der Waals surface area contributed by atoms with Gasteiger partial charge in [0.25, 0.3) is 0 Å². The van der Waals surface area contributed by atoms with Gasteiger partial charge in [0.15, 0.2) is 0 Å². The summed E-state index contributed by atoms with van der Waals surface area (Å²) in [7, 11) is 0. The fourth-order valence-corrected chi connectivity index (χ4v) is 0.470. The first-order valence-corrected chi connectivity index (χ1v) is 2.58. The number of hydrogen-bond acceptors (Lipinski definition) is 0. The fraction of sp³-hybridized carbons (Fsp3) is 0.125. The van der Waals surface area contributed by atoms with Crippen molar-refractivity contribution in [3.05, 3.63) is 43.0 Å². The van der Waals surface area contributed by atoms with Crippen LogP contribution in [-0.4, -0.2) is 0 Å². The summed E-state index contributed by atoms with van der Waals surface area (Å²) in [5.41, 5.74) is 1.34. The smallest absolute Gasteiger partial charge is 0.213 e. The molecule has 0 amide bonds. The van der Waals surface area contributed by atoms with Gasteiger partial charge >= 0.3 is 17.1 Å². The zero-order chi connectivity index (χ0) is 6.41. The van der Waals surface area contributed by atoms with Crippen molar-refractivity contribution >= 4 is 0 Å². The summed E-state index contributed by atoms with van der Waals surface area (Å²) in [6, 6.07) is 8.24. The summed E-state index contributed by atoms with van der Waals surface area (Å²) in [5.74, 6) is 0. The molecule has 0 fully saturated rings. The Balaban J connectivity index is 0. The molecule has 9 heavy (non-hydrogen) atoms. The van der Waals surface area contributed by atoms with E-state index in [9.17, 15) is 0 Å². The topological polar surface area (TPSA) is 0 Å². The van der Waals surface area contributed by atoms with Crippen molar-refractivity contribution < 1.29 is 17.1 Å². The molecule has 0 saturated heterocycles. The molecule has 1 aromatic rings. The third kappa shape index (κ3) is 5.48. The van der Waals surface area contributed by atoms with Gasteiger partial charge in [-0.05, 0) is 0 Å². The molecule has 0 atom stereocenters. The second-order valence-corrected chi connectivity index (χ2v) is 1.46. The third-order valence-electron chi connectivity index (χ3n) is 0.829. The van der Waals surface area contributed by atoms with Gasteiger partial charge in [-0.1, -0.05) is 6.92 Å². The van der Waals surface area contributed by atoms with Crippen molar-refractivity contribution in [2.45, 2.75) is 6.92 Å². The largest absolute Gasteiger partial charge is 1.00 e. The summed E-state index contributed by atoms with van der Waals surface area (Å²) in [5, 5.41) is 0. The molecule has 1 aromatic carbocycles. The van der Waals surface area contributed by atoms with E-state index in [1.165, 1.54) is 5.56 Å². The van der Waals surface area contributed by atoms with Crippen molar-refractivity contribution in [1.29, 1.82) is 0 Å². The number of hydrogen-bond donors (Lipinski definition) is 0. The van der Waals surface area contributed by atoms with Gasteiger partial charge in [0.2, 0.25) is 0 Å². The van der Waals surface area contributed by atoms with Crippen molar-refractivity contribution in [3.8, 4) is 0 Å². The van der Waals surface area contributed by atoms with Gasteiger partial charge in [-0.25, -0.2) is 12.1 Å². The van der Waals surface area contributed by atoms with Crippen LogP contribution >= 0.6 is 0 Å². The van der Waals surface area contributed by atoms with E-state index in [1.807, 2.05) is 12.1 Å². The standard InChI is InChI=1S/C6H7.C2H4.Cu/c1-6-4-2-3-5-6;1-2;/h2-5H,1H3;1-2H2;/q-1;;+1. The Labute approximate surface area is 67.4 Å². The van der Waals surface area contributed by atoms with Crippen LogP contribution in [0.4, 0.5) is 0 Å². The van der Waals surface area contributed by atoms with Crippen LogP contribution in [0, 0.1) is 6.92 Å². The predicted octanol–water partition coefficient (Wildman–Crippen LogP) is 2.51. The molecule has 0 unspecified atom stereocenters. The molecule has 0 radical (unpaired) electrons. The van der Waals surface area contributed by atoms with Gasteiger partial charge in [-0.2, -0.15) is 17.7 Å². The number of aryl methyl sites for hydroxylation is 1. The molecule has 0 saturated carbocycles. The van der Waals surface area contributed by atoms with E-state index in [0.29, 0.717) is 0 Å². The Morgan fingerprint density at radius 3 is 1.56 bits per heavy atom. The first-order chi connectivity index (χ1) is 3.89. The van der Waals surface area contributed by atoms with Gasteiger partial charge in [-0.15, -0.1) is 13.2 Å². The molecule has 54 valence electrons. The van der Waals surface area contributed by atoms with E-state index >= 15 is 0 Å². The van der Waals surface area contributed by atoms with Crippen molar-refractivity contribution in [1.82, 2.24) is 0 Å². The maximum atomic E-state index is 3.00. The fourth-order valence-electron chi connectivity index (χ4n) is 0.470. The second kappa shape index (κ2) is 7.61. The molecule has 1 rings (SSSR count). The van der Waals surface area contributed by atoms with Crippen molar-refractivity contribution in [2.75, 3.05) is 0 Å². The molecule has 0 aliphatic heterocycles. The van der Waals surface area contributed by atoms with Crippen LogP contribution in [0.5, 0.6) is 0 Å². The van der Waals surface area contributed by atoms with Gasteiger partial charge < -0.3 is 0 Å². The molecule has 0 aromatic heterocycles. The zero-order valence-corrected chi connectivity index (χ0v) is 6.47. The van der Waals surface area contributed by atoms with E-state index in [-0.39, 0.29) is 17.1 Å². The first kappa shape index (κ1) is 11.4.